The first-order valence-corrected chi connectivity index (χ1v) is 11.4. The summed E-state index contributed by atoms with van der Waals surface area (Å²) in [5.41, 5.74) is 1.91. The Kier molecular flexibility index (Phi) is 6.71. The summed E-state index contributed by atoms with van der Waals surface area (Å²) in [5.74, 6) is -0.800. The Hall–Kier alpha value is -2.23. The summed E-state index contributed by atoms with van der Waals surface area (Å²) < 4.78 is 27.4. The molecule has 2 amide bonds. The van der Waals surface area contributed by atoms with Gasteiger partial charge >= 0.3 is 0 Å². The van der Waals surface area contributed by atoms with Gasteiger partial charge in [0.1, 0.15) is 0 Å². The molecule has 0 aliphatic carbocycles. The largest absolute Gasteiger partial charge is 0.343 e. The lowest BCUT2D eigenvalue weighted by Crippen LogP contribution is -2.33. The number of nitrogens with one attached hydrogen (secondary N) is 2. The molecule has 0 bridgehead atoms. The first-order chi connectivity index (χ1) is 13.8. The number of anilines is 1. The minimum Gasteiger partial charge on any atom is -0.343 e. The third-order valence-electron chi connectivity index (χ3n) is 4.67. The fourth-order valence-electron chi connectivity index (χ4n) is 3.05. The van der Waals surface area contributed by atoms with Gasteiger partial charge in [0, 0.05) is 28.8 Å². The van der Waals surface area contributed by atoms with Crippen LogP contribution in [0.1, 0.15) is 28.8 Å². The van der Waals surface area contributed by atoms with E-state index in [0.29, 0.717) is 18.8 Å². The number of carbonyl (C=O) groups excluding carboxylic acids is 2. The molecular weight excluding hydrogens is 458 g/mol. The maximum Gasteiger partial charge on any atom is 0.251 e. The van der Waals surface area contributed by atoms with Crippen molar-refractivity contribution in [3.63, 3.8) is 0 Å². The molecule has 0 saturated carbocycles. The first kappa shape index (κ1) is 21.5. The minimum absolute atomic E-state index is 0.166. The summed E-state index contributed by atoms with van der Waals surface area (Å²) in [7, 11) is -3.51. The first-order valence-electron chi connectivity index (χ1n) is 9.22. The Morgan fingerprint density at radius 3 is 2.34 bits per heavy atom. The van der Waals surface area contributed by atoms with Gasteiger partial charge in [0.2, 0.25) is 15.9 Å². The van der Waals surface area contributed by atoms with Crippen LogP contribution in [-0.4, -0.2) is 44.2 Å². The third-order valence-corrected chi connectivity index (χ3v) is 7.47. The van der Waals surface area contributed by atoms with Gasteiger partial charge in [-0.1, -0.05) is 15.9 Å². The second-order valence-electron chi connectivity index (χ2n) is 6.83. The molecule has 9 heteroatoms. The molecule has 1 heterocycles. The molecule has 1 fully saturated rings. The summed E-state index contributed by atoms with van der Waals surface area (Å²) >= 11 is 3.40. The molecule has 0 radical (unpaired) electrons. The van der Waals surface area contributed by atoms with Crippen LogP contribution >= 0.6 is 15.9 Å². The van der Waals surface area contributed by atoms with Crippen molar-refractivity contribution < 1.29 is 18.0 Å². The predicted molar refractivity (Wildman–Crippen MR) is 114 cm³/mol. The average molecular weight is 480 g/mol. The van der Waals surface area contributed by atoms with E-state index >= 15 is 0 Å². The fourth-order valence-corrected chi connectivity index (χ4v) is 4.81. The van der Waals surface area contributed by atoms with Crippen LogP contribution in [0.25, 0.3) is 0 Å². The van der Waals surface area contributed by atoms with Gasteiger partial charge in [0.15, 0.2) is 0 Å². The van der Waals surface area contributed by atoms with E-state index in [1.54, 1.807) is 6.07 Å². The highest BCUT2D eigenvalue weighted by Crippen LogP contribution is 2.21. The van der Waals surface area contributed by atoms with E-state index in [9.17, 15) is 18.0 Å². The molecule has 0 spiro atoms. The molecule has 29 heavy (non-hydrogen) atoms. The van der Waals surface area contributed by atoms with Crippen LogP contribution in [0.15, 0.2) is 51.8 Å². The van der Waals surface area contributed by atoms with Gasteiger partial charge in [-0.15, -0.1) is 0 Å². The smallest absolute Gasteiger partial charge is 0.251 e. The number of halogens is 1. The number of sulfonamides is 1. The summed E-state index contributed by atoms with van der Waals surface area (Å²) in [4.78, 5) is 24.5. The number of nitrogens with zero attached hydrogens (tertiary/aromatic N) is 1. The number of hydrogen-bond acceptors (Lipinski definition) is 4. The Morgan fingerprint density at radius 2 is 1.72 bits per heavy atom. The molecule has 2 aromatic rings. The van der Waals surface area contributed by atoms with Crippen molar-refractivity contribution in [3.8, 4) is 0 Å². The van der Waals surface area contributed by atoms with Crippen LogP contribution in [0.2, 0.25) is 0 Å². The van der Waals surface area contributed by atoms with Gasteiger partial charge in [0.25, 0.3) is 5.91 Å². The second kappa shape index (κ2) is 9.06. The maximum absolute atomic E-state index is 12.5. The second-order valence-corrected chi connectivity index (χ2v) is 9.62. The summed E-state index contributed by atoms with van der Waals surface area (Å²) in [5, 5.41) is 5.26. The van der Waals surface area contributed by atoms with Gasteiger partial charge in [-0.05, 0) is 67.8 Å². The van der Waals surface area contributed by atoms with Crippen LogP contribution in [0.3, 0.4) is 0 Å². The quantitative estimate of drug-likeness (QED) is 0.665. The zero-order chi connectivity index (χ0) is 21.0. The molecule has 2 aromatic carbocycles. The van der Waals surface area contributed by atoms with Gasteiger partial charge in [-0.2, -0.15) is 4.31 Å². The van der Waals surface area contributed by atoms with E-state index in [4.69, 9.17) is 0 Å². The van der Waals surface area contributed by atoms with Crippen LogP contribution < -0.4 is 10.6 Å². The van der Waals surface area contributed by atoms with Gasteiger partial charge in [-0.3, -0.25) is 9.59 Å². The molecule has 154 valence electrons. The highest BCUT2D eigenvalue weighted by molar-refractivity contribution is 9.10. The Morgan fingerprint density at radius 1 is 1.07 bits per heavy atom. The molecule has 1 saturated heterocycles. The van der Waals surface area contributed by atoms with E-state index in [0.717, 1.165) is 22.9 Å². The van der Waals surface area contributed by atoms with Crippen LogP contribution in [0.4, 0.5) is 5.69 Å². The van der Waals surface area contributed by atoms with Crippen molar-refractivity contribution >= 4 is 43.5 Å². The van der Waals surface area contributed by atoms with Crippen LogP contribution in [0.5, 0.6) is 0 Å². The zero-order valence-electron chi connectivity index (χ0n) is 15.9. The van der Waals surface area contributed by atoms with E-state index in [1.165, 1.54) is 28.6 Å². The highest BCUT2D eigenvalue weighted by Gasteiger charge is 2.27. The molecule has 0 unspecified atom stereocenters. The Balaban J connectivity index is 1.56. The molecule has 2 N–H and O–H groups in total. The average Bonchev–Trinajstić information content (AvgIpc) is 3.25. The van der Waals surface area contributed by atoms with Crippen molar-refractivity contribution in [2.45, 2.75) is 24.7 Å². The molecule has 1 aliphatic heterocycles. The molecule has 0 aromatic heterocycles. The van der Waals surface area contributed by atoms with Crippen molar-refractivity contribution in [2.24, 2.45) is 0 Å². The number of aryl methyl sites for hydroxylation is 1. The monoisotopic (exact) mass is 479 g/mol. The lowest BCUT2D eigenvalue weighted by Gasteiger charge is -2.15. The summed E-state index contributed by atoms with van der Waals surface area (Å²) in [6.45, 7) is 2.77. The van der Waals surface area contributed by atoms with Gasteiger partial charge in [-0.25, -0.2) is 8.42 Å². The minimum atomic E-state index is -3.51. The number of rotatable bonds is 6. The van der Waals surface area contributed by atoms with Crippen molar-refractivity contribution in [1.29, 1.82) is 0 Å². The third kappa shape index (κ3) is 5.23. The van der Waals surface area contributed by atoms with Gasteiger partial charge in [0.05, 0.1) is 11.4 Å². The van der Waals surface area contributed by atoms with E-state index in [2.05, 4.69) is 26.6 Å². The van der Waals surface area contributed by atoms with Crippen LogP contribution in [0, 0.1) is 6.92 Å². The number of benzene rings is 2. The topological polar surface area (TPSA) is 95.6 Å². The van der Waals surface area contributed by atoms with Crippen LogP contribution in [-0.2, 0) is 14.8 Å². The Labute approximate surface area is 178 Å². The highest BCUT2D eigenvalue weighted by atomic mass is 79.9. The number of amides is 2. The number of carbonyl (C=O) groups is 2. The standard InChI is InChI=1S/C20H22BrN3O4S/c1-14-12-16(6-9-18(14)21)23-19(25)13-22-20(26)15-4-7-17(8-5-15)29(27,28)24-10-2-3-11-24/h4-9,12H,2-3,10-11,13H2,1H3,(H,22,26)(H,23,25). The molecule has 1 aliphatic rings. The molecule has 3 rings (SSSR count). The Bertz CT molecular complexity index is 1020. The summed E-state index contributed by atoms with van der Waals surface area (Å²) in [6, 6.07) is 11.2. The van der Waals surface area contributed by atoms with Gasteiger partial charge < -0.3 is 10.6 Å². The predicted octanol–water partition coefficient (Wildman–Crippen LogP) is 2.91. The SMILES string of the molecule is Cc1cc(NC(=O)CNC(=O)c2ccc(S(=O)(=O)N3CCCC3)cc2)ccc1Br. The van der Waals surface area contributed by atoms with Crippen molar-refractivity contribution in [2.75, 3.05) is 25.0 Å². The molecule has 0 atom stereocenters. The fraction of sp³-hybridized carbons (Fsp3) is 0.300. The zero-order valence-corrected chi connectivity index (χ0v) is 18.3. The summed E-state index contributed by atoms with van der Waals surface area (Å²) in [6.07, 6.45) is 1.73. The van der Waals surface area contributed by atoms with E-state index in [1.807, 2.05) is 19.1 Å². The van der Waals surface area contributed by atoms with Crippen molar-refractivity contribution in [3.05, 3.63) is 58.1 Å². The number of hydrogen-bond donors (Lipinski definition) is 2. The lowest BCUT2D eigenvalue weighted by molar-refractivity contribution is -0.115. The van der Waals surface area contributed by atoms with E-state index in [-0.39, 0.29) is 22.9 Å². The van der Waals surface area contributed by atoms with Crippen molar-refractivity contribution in [1.82, 2.24) is 9.62 Å². The normalized spacial score (nSPS) is 14.6. The van der Waals surface area contributed by atoms with E-state index < -0.39 is 15.9 Å². The lowest BCUT2D eigenvalue weighted by atomic mass is 10.2. The molecular formula is C20H22BrN3O4S. The maximum atomic E-state index is 12.5. The molecule has 7 nitrogen and oxygen atoms in total.